The lowest BCUT2D eigenvalue weighted by Crippen LogP contribution is -2.31. The van der Waals surface area contributed by atoms with E-state index in [0.29, 0.717) is 12.1 Å². The van der Waals surface area contributed by atoms with Crippen molar-refractivity contribution in [2.75, 3.05) is 32.6 Å². The largest absolute Gasteiger partial charge is 0.485 e. The van der Waals surface area contributed by atoms with E-state index in [2.05, 4.69) is 10.6 Å². The van der Waals surface area contributed by atoms with Gasteiger partial charge in [0.15, 0.2) is 40.4 Å². The quantitative estimate of drug-likeness (QED) is 0.0172. The highest BCUT2D eigenvalue weighted by Crippen LogP contribution is 2.56. The van der Waals surface area contributed by atoms with Crippen molar-refractivity contribution in [1.82, 2.24) is 15.1 Å². The van der Waals surface area contributed by atoms with Gasteiger partial charge in [-0.25, -0.2) is 17.2 Å². The monoisotopic (exact) mass is 1100 g/mol. The number of rotatable bonds is 20. The minimum absolute atomic E-state index is 0.00793. The molecule has 74 heavy (non-hydrogen) atoms. The van der Waals surface area contributed by atoms with Crippen molar-refractivity contribution in [1.29, 1.82) is 5.26 Å². The van der Waals surface area contributed by atoms with Gasteiger partial charge in [0.05, 0.1) is 34.8 Å². The van der Waals surface area contributed by atoms with E-state index < -0.39 is 157 Å². The van der Waals surface area contributed by atoms with Crippen LogP contribution in [0.5, 0.6) is 34.5 Å². The number of carbonyl (C=O) groups is 6. The van der Waals surface area contributed by atoms with Crippen molar-refractivity contribution in [3.63, 3.8) is 0 Å². The zero-order valence-corrected chi connectivity index (χ0v) is 41.5. The van der Waals surface area contributed by atoms with Gasteiger partial charge < -0.3 is 39.1 Å². The fourth-order valence-corrected chi connectivity index (χ4v) is 10.6. The molecular weight excluding hydrogens is 1060 g/mol. The third kappa shape index (κ3) is 14.2. The van der Waals surface area contributed by atoms with Gasteiger partial charge in [-0.1, -0.05) is 0 Å². The van der Waals surface area contributed by atoms with Gasteiger partial charge in [0.1, 0.15) is 17.4 Å². The summed E-state index contributed by atoms with van der Waals surface area (Å²) in [6, 6.07) is 8.87. The highest BCUT2D eigenvalue weighted by atomic mass is 32.2. The van der Waals surface area contributed by atoms with Crippen molar-refractivity contribution < 1.29 is 107 Å². The molecule has 1 aromatic heterocycles. The molecule has 0 spiro atoms. The summed E-state index contributed by atoms with van der Waals surface area (Å²) in [5.74, 6) is -11.7. The molecule has 1 aliphatic carbocycles. The van der Waals surface area contributed by atoms with Gasteiger partial charge in [0, 0.05) is 44.2 Å². The minimum Gasteiger partial charge on any atom is -0.485 e. The Balaban J connectivity index is 1.40. The number of carbonyl (C=O) groups excluding carboxylic acids is 6. The smallest absolute Gasteiger partial charge is 0.470 e. The van der Waals surface area contributed by atoms with Gasteiger partial charge in [0.2, 0.25) is 17.8 Å². The Morgan fingerprint density at radius 1 is 0.784 bits per heavy atom. The SMILES string of the molecule is CC(=O)Oc1ccc(C(=O)NCCOc2c(OCCNC(=O)c3ccc(OC(C)=O)c(OC(C)=O)c3)c(F)c3sc(S(=O)(=O)N(O)C[P+](O)(O)OC4=CCC(C)(C#N)C(C(F)(F)F)=C4)cc3c2F)cc1OC(C)=O. The van der Waals surface area contributed by atoms with Gasteiger partial charge in [0.25, 0.3) is 21.8 Å². The standard InChI is InChI=1S/C44H40F5N4O18PS2/c1-22(54)67-30-8-6-26(16-32(30)69-24(3)56)41(58)51-12-14-65-38-36(45)29-19-35(74(63,64)53(60)21-72(61,62)71-28-10-11-43(5,20-50)34(18-28)44(47,48)49)73-40(29)37(46)39(38)66-15-13-52-42(59)27-7-9-31(68-23(2)55)33(17-27)70-25(4)57/h6-10,16-19,60-62H,11-15,21H2,1-5H3,(H-,51,52,58,59)/p+1. The molecule has 4 aromatic rings. The zero-order valence-electron chi connectivity index (χ0n) is 39.0. The lowest BCUT2D eigenvalue weighted by molar-refractivity contribution is -0.134. The van der Waals surface area contributed by atoms with Gasteiger partial charge in [-0.2, -0.15) is 28.2 Å². The number of nitrogens with zero attached hydrogens (tertiary/aromatic N) is 2. The number of allylic oxidation sites excluding steroid dienone is 3. The van der Waals surface area contributed by atoms with Gasteiger partial charge in [-0.15, -0.1) is 11.3 Å². The molecule has 0 radical (unpaired) electrons. The Kier molecular flexibility index (Phi) is 18.1. The molecular formula is C44H41F5N4O18PS2+. The summed E-state index contributed by atoms with van der Waals surface area (Å²) in [7, 11) is -10.6. The lowest BCUT2D eigenvalue weighted by atomic mass is 9.77. The van der Waals surface area contributed by atoms with Crippen LogP contribution < -0.4 is 39.1 Å². The van der Waals surface area contributed by atoms with Crippen LogP contribution in [0.1, 0.15) is 61.8 Å². The van der Waals surface area contributed by atoms with Crippen LogP contribution in [0.25, 0.3) is 10.1 Å². The molecule has 1 heterocycles. The second-order valence-corrected chi connectivity index (χ2v) is 20.5. The third-order valence-corrected chi connectivity index (χ3v) is 14.1. The number of benzene rings is 3. The number of ether oxygens (including phenoxy) is 6. The second kappa shape index (κ2) is 23.3. The van der Waals surface area contributed by atoms with Crippen molar-refractivity contribution in [3.8, 4) is 40.6 Å². The number of thiophene rings is 1. The number of fused-ring (bicyclic) bond motifs is 1. The Morgan fingerprint density at radius 3 is 1.69 bits per heavy atom. The maximum absolute atomic E-state index is 16.5. The summed E-state index contributed by atoms with van der Waals surface area (Å²) in [5, 5.41) is 24.0. The topological polar surface area (TPSA) is 313 Å². The number of hydrogen-bond donors (Lipinski definition) is 5. The molecule has 3 aromatic carbocycles. The summed E-state index contributed by atoms with van der Waals surface area (Å²) >= 11 is -0.00793. The normalized spacial score (nSPS) is 14.7. The van der Waals surface area contributed by atoms with Crippen molar-refractivity contribution in [2.24, 2.45) is 5.41 Å². The summed E-state index contributed by atoms with van der Waals surface area (Å²) < 4.78 is 135. The number of sulfonamides is 1. The van der Waals surface area contributed by atoms with E-state index in [1.54, 1.807) is 0 Å². The summed E-state index contributed by atoms with van der Waals surface area (Å²) in [4.78, 5) is 93.6. The van der Waals surface area contributed by atoms with Crippen molar-refractivity contribution >= 4 is 75.1 Å². The number of hydrogen-bond acceptors (Lipinski definition) is 20. The number of hydroxylamine groups is 1. The Morgan fingerprint density at radius 2 is 1.24 bits per heavy atom. The van der Waals surface area contributed by atoms with Crippen LogP contribution >= 0.6 is 19.3 Å². The van der Waals surface area contributed by atoms with E-state index in [9.17, 15) is 70.6 Å². The average molecular weight is 1100 g/mol. The van der Waals surface area contributed by atoms with E-state index in [0.717, 1.165) is 65.0 Å². The van der Waals surface area contributed by atoms with Crippen LogP contribution in [0.15, 0.2) is 70.2 Å². The van der Waals surface area contributed by atoms with Crippen molar-refractivity contribution in [2.45, 2.75) is 51.4 Å². The number of esters is 4. The predicted molar refractivity (Wildman–Crippen MR) is 244 cm³/mol. The first kappa shape index (κ1) is 57.6. The van der Waals surface area contributed by atoms with Crippen LogP contribution in [0.2, 0.25) is 0 Å². The van der Waals surface area contributed by atoms with Crippen LogP contribution in [-0.4, -0.2) is 102 Å². The molecule has 30 heteroatoms. The molecule has 5 rings (SSSR count). The first-order valence-corrected chi connectivity index (χ1v) is 25.0. The Labute approximate surface area is 420 Å². The number of nitriles is 1. The summed E-state index contributed by atoms with van der Waals surface area (Å²) in [5.41, 5.74) is -3.79. The number of alkyl halides is 3. The highest BCUT2D eigenvalue weighted by Gasteiger charge is 2.50. The van der Waals surface area contributed by atoms with Gasteiger partial charge in [-0.3, -0.25) is 38.5 Å². The molecule has 0 bridgehead atoms. The Bertz CT molecular complexity index is 3000. The lowest BCUT2D eigenvalue weighted by Gasteiger charge is -2.29. The summed E-state index contributed by atoms with van der Waals surface area (Å²) in [6.45, 7) is 2.96. The molecule has 22 nitrogen and oxygen atoms in total. The Hall–Kier alpha value is -7.32. The third-order valence-electron chi connectivity index (χ3n) is 9.68. The van der Waals surface area contributed by atoms with E-state index in [1.165, 1.54) is 18.2 Å². The van der Waals surface area contributed by atoms with Crippen LogP contribution in [0.3, 0.4) is 0 Å². The maximum atomic E-state index is 16.5. The molecule has 5 N–H and O–H groups in total. The molecule has 0 aliphatic heterocycles. The minimum atomic E-state index is -5.38. The predicted octanol–water partition coefficient (Wildman–Crippen LogP) is 5.91. The van der Waals surface area contributed by atoms with Crippen LogP contribution in [0, 0.1) is 28.4 Å². The maximum Gasteiger partial charge on any atom is 0.470 e. The van der Waals surface area contributed by atoms with E-state index in [-0.39, 0.29) is 45.5 Å². The number of amides is 2. The van der Waals surface area contributed by atoms with Crippen LogP contribution in [-0.2, 0) is 33.7 Å². The molecule has 1 unspecified atom stereocenters. The van der Waals surface area contributed by atoms with Gasteiger partial charge >= 0.3 is 38.0 Å². The van der Waals surface area contributed by atoms with Gasteiger partial charge in [-0.05, 0) is 72.4 Å². The first-order chi connectivity index (χ1) is 34.5. The molecule has 1 atom stereocenters. The fourth-order valence-electron chi connectivity index (χ4n) is 6.46. The first-order valence-electron chi connectivity index (χ1n) is 20.9. The highest BCUT2D eigenvalue weighted by molar-refractivity contribution is 7.91. The molecule has 0 saturated heterocycles. The molecule has 0 saturated carbocycles. The van der Waals surface area contributed by atoms with E-state index in [4.69, 9.17) is 32.9 Å². The average Bonchev–Trinajstić information content (AvgIpc) is 3.76. The van der Waals surface area contributed by atoms with E-state index in [1.807, 2.05) is 0 Å². The van der Waals surface area contributed by atoms with Crippen molar-refractivity contribution in [3.05, 3.63) is 88.7 Å². The second-order valence-electron chi connectivity index (χ2n) is 15.5. The molecule has 2 amide bonds. The molecule has 0 fully saturated rings. The fraction of sp³-hybridized carbons (Fsp3) is 0.295. The zero-order chi connectivity index (χ0) is 55.1. The van der Waals surface area contributed by atoms with Crippen LogP contribution in [0.4, 0.5) is 22.0 Å². The number of nitrogens with one attached hydrogen (secondary N) is 2. The number of halogens is 5. The molecule has 396 valence electrons. The molecule has 1 aliphatic rings. The van der Waals surface area contributed by atoms with E-state index >= 15 is 8.78 Å². The summed E-state index contributed by atoms with van der Waals surface area (Å²) in [6.07, 6.45) is -6.22.